The Hall–Kier alpha value is -1.85. The van der Waals surface area contributed by atoms with E-state index < -0.39 is 0 Å². The monoisotopic (exact) mass is 250 g/mol. The van der Waals surface area contributed by atoms with Gasteiger partial charge in [-0.15, -0.1) is 0 Å². The summed E-state index contributed by atoms with van der Waals surface area (Å²) in [5, 5.41) is 13.7. The van der Waals surface area contributed by atoms with Crippen LogP contribution < -0.4 is 10.2 Å². The number of nitrogens with one attached hydrogen (secondary N) is 1. The topological polar surface area (TPSA) is 71.3 Å². The van der Waals surface area contributed by atoms with E-state index in [0.717, 1.165) is 6.54 Å². The third kappa shape index (κ3) is 2.69. The molecule has 6 nitrogen and oxygen atoms in total. The van der Waals surface area contributed by atoms with Gasteiger partial charge in [0.05, 0.1) is 17.1 Å². The van der Waals surface area contributed by atoms with Crippen molar-refractivity contribution >= 4 is 17.3 Å². The number of pyridine rings is 1. The van der Waals surface area contributed by atoms with Crippen LogP contribution in [0.3, 0.4) is 0 Å². The van der Waals surface area contributed by atoms with E-state index in [4.69, 9.17) is 0 Å². The van der Waals surface area contributed by atoms with Gasteiger partial charge in [-0.3, -0.25) is 10.1 Å². The lowest BCUT2D eigenvalue weighted by atomic mass is 9.85. The van der Waals surface area contributed by atoms with Gasteiger partial charge < -0.3 is 10.2 Å². The molecule has 2 rings (SSSR count). The molecule has 0 bridgehead atoms. The Labute approximate surface area is 106 Å². The fraction of sp³-hybridized carbons (Fsp3) is 0.583. The molecule has 1 saturated carbocycles. The maximum absolute atomic E-state index is 10.9. The summed E-state index contributed by atoms with van der Waals surface area (Å²) in [5.74, 6) is 1.88. The van der Waals surface area contributed by atoms with Crippen LogP contribution in [-0.4, -0.2) is 30.5 Å². The summed E-state index contributed by atoms with van der Waals surface area (Å²) in [6, 6.07) is 2.97. The molecular formula is C12H18N4O2. The van der Waals surface area contributed by atoms with E-state index in [1.54, 1.807) is 7.05 Å². The van der Waals surface area contributed by atoms with Crippen LogP contribution >= 0.6 is 0 Å². The smallest absolute Gasteiger partial charge is 0.276 e. The first-order chi connectivity index (χ1) is 8.60. The van der Waals surface area contributed by atoms with Gasteiger partial charge in [0.15, 0.2) is 0 Å². The molecule has 18 heavy (non-hydrogen) atoms. The van der Waals surface area contributed by atoms with Crippen LogP contribution in [-0.2, 0) is 0 Å². The van der Waals surface area contributed by atoms with E-state index in [-0.39, 0.29) is 10.6 Å². The fourth-order valence-electron chi connectivity index (χ4n) is 2.09. The number of hydrogen-bond acceptors (Lipinski definition) is 5. The van der Waals surface area contributed by atoms with E-state index in [9.17, 15) is 10.1 Å². The van der Waals surface area contributed by atoms with Gasteiger partial charge in [-0.05, 0) is 18.8 Å². The Bertz CT molecular complexity index is 446. The lowest BCUT2D eigenvalue weighted by molar-refractivity contribution is -0.384. The van der Waals surface area contributed by atoms with Crippen LogP contribution in [0.5, 0.6) is 0 Å². The lowest BCUT2D eigenvalue weighted by Crippen LogP contribution is -2.30. The molecule has 0 amide bonds. The Morgan fingerprint density at radius 1 is 1.56 bits per heavy atom. The minimum Gasteiger partial charge on any atom is -0.373 e. The van der Waals surface area contributed by atoms with Crippen LogP contribution in [0.15, 0.2) is 12.1 Å². The average molecular weight is 250 g/mol. The Morgan fingerprint density at radius 2 is 2.28 bits per heavy atom. The quantitative estimate of drug-likeness (QED) is 0.641. The van der Waals surface area contributed by atoms with Gasteiger partial charge in [0.1, 0.15) is 11.6 Å². The van der Waals surface area contributed by atoms with E-state index in [2.05, 4.69) is 10.3 Å². The predicted molar refractivity (Wildman–Crippen MR) is 71.0 cm³/mol. The van der Waals surface area contributed by atoms with Crippen LogP contribution in [0.25, 0.3) is 0 Å². The lowest BCUT2D eigenvalue weighted by Gasteiger charge is -2.30. The second-order valence-electron chi connectivity index (χ2n) is 4.75. The van der Waals surface area contributed by atoms with Crippen molar-refractivity contribution in [3.63, 3.8) is 0 Å². The van der Waals surface area contributed by atoms with Gasteiger partial charge in [-0.1, -0.05) is 6.42 Å². The van der Waals surface area contributed by atoms with Crippen molar-refractivity contribution < 1.29 is 4.92 Å². The first-order valence-corrected chi connectivity index (χ1v) is 6.15. The van der Waals surface area contributed by atoms with Gasteiger partial charge in [-0.25, -0.2) is 4.98 Å². The molecule has 1 aliphatic carbocycles. The number of rotatable bonds is 5. The molecule has 1 aromatic rings. The fourth-order valence-corrected chi connectivity index (χ4v) is 2.09. The summed E-state index contributed by atoms with van der Waals surface area (Å²) in [7, 11) is 3.64. The SMILES string of the molecule is CNc1cc([N+](=O)[O-])cc(N(C)CC2CCC2)n1. The van der Waals surface area contributed by atoms with Crippen molar-refractivity contribution in [3.8, 4) is 0 Å². The molecule has 1 heterocycles. The molecule has 98 valence electrons. The first kappa shape index (κ1) is 12.6. The molecule has 0 aliphatic heterocycles. The van der Waals surface area contributed by atoms with Crippen molar-refractivity contribution in [1.82, 2.24) is 4.98 Å². The zero-order chi connectivity index (χ0) is 13.1. The Morgan fingerprint density at radius 3 is 2.78 bits per heavy atom. The molecule has 0 spiro atoms. The van der Waals surface area contributed by atoms with Crippen LogP contribution in [0.1, 0.15) is 19.3 Å². The minimum atomic E-state index is -0.386. The molecular weight excluding hydrogens is 232 g/mol. The number of hydrogen-bond donors (Lipinski definition) is 1. The summed E-state index contributed by atoms with van der Waals surface area (Å²) >= 11 is 0. The molecule has 0 radical (unpaired) electrons. The molecule has 1 fully saturated rings. The van der Waals surface area contributed by atoms with Crippen LogP contribution in [0, 0.1) is 16.0 Å². The second kappa shape index (κ2) is 5.20. The normalized spacial score (nSPS) is 15.0. The summed E-state index contributed by atoms with van der Waals surface area (Å²) in [6.45, 7) is 0.914. The summed E-state index contributed by atoms with van der Waals surface area (Å²) in [4.78, 5) is 16.8. The van der Waals surface area contributed by atoms with Gasteiger partial charge in [0.25, 0.3) is 5.69 Å². The number of nitro groups is 1. The second-order valence-corrected chi connectivity index (χ2v) is 4.75. The predicted octanol–water partition coefficient (Wildman–Crippen LogP) is 2.27. The van der Waals surface area contributed by atoms with Crippen molar-refractivity contribution in [2.45, 2.75) is 19.3 Å². The van der Waals surface area contributed by atoms with Gasteiger partial charge in [0.2, 0.25) is 0 Å². The standard InChI is InChI=1S/C12H18N4O2/c1-13-11-6-10(16(17)18)7-12(14-11)15(2)8-9-4-3-5-9/h6-7,9H,3-5,8H2,1-2H3,(H,13,14). The highest BCUT2D eigenvalue weighted by Gasteiger charge is 2.21. The maximum atomic E-state index is 10.9. The highest BCUT2D eigenvalue weighted by molar-refractivity contribution is 5.55. The maximum Gasteiger partial charge on any atom is 0.276 e. The average Bonchev–Trinajstić information content (AvgIpc) is 2.32. The van der Waals surface area contributed by atoms with E-state index in [1.165, 1.54) is 31.4 Å². The molecule has 1 N–H and O–H groups in total. The van der Waals surface area contributed by atoms with Crippen LogP contribution in [0.4, 0.5) is 17.3 Å². The number of nitrogens with zero attached hydrogens (tertiary/aromatic N) is 3. The molecule has 6 heteroatoms. The van der Waals surface area contributed by atoms with E-state index >= 15 is 0 Å². The zero-order valence-corrected chi connectivity index (χ0v) is 10.7. The molecule has 0 unspecified atom stereocenters. The van der Waals surface area contributed by atoms with Gasteiger partial charge in [-0.2, -0.15) is 0 Å². The summed E-state index contributed by atoms with van der Waals surface area (Å²) < 4.78 is 0. The third-order valence-corrected chi connectivity index (χ3v) is 3.41. The molecule has 1 aromatic heterocycles. The van der Waals surface area contributed by atoms with Crippen molar-refractivity contribution in [2.24, 2.45) is 5.92 Å². The molecule has 1 aliphatic rings. The Kier molecular flexibility index (Phi) is 3.64. The summed E-state index contributed by atoms with van der Waals surface area (Å²) in [5.41, 5.74) is 0.0739. The van der Waals surface area contributed by atoms with E-state index in [0.29, 0.717) is 17.6 Å². The number of aromatic nitrogens is 1. The number of anilines is 2. The van der Waals surface area contributed by atoms with Gasteiger partial charge in [0, 0.05) is 20.6 Å². The van der Waals surface area contributed by atoms with Gasteiger partial charge >= 0.3 is 0 Å². The highest BCUT2D eigenvalue weighted by atomic mass is 16.6. The van der Waals surface area contributed by atoms with Crippen LogP contribution in [0.2, 0.25) is 0 Å². The molecule has 0 aromatic carbocycles. The largest absolute Gasteiger partial charge is 0.373 e. The molecule has 0 atom stereocenters. The third-order valence-electron chi connectivity index (χ3n) is 3.41. The van der Waals surface area contributed by atoms with Crippen molar-refractivity contribution in [2.75, 3.05) is 30.9 Å². The summed E-state index contributed by atoms with van der Waals surface area (Å²) in [6.07, 6.45) is 3.79. The highest BCUT2D eigenvalue weighted by Crippen LogP contribution is 2.29. The Balaban J connectivity index is 2.19. The molecule has 0 saturated heterocycles. The van der Waals surface area contributed by atoms with Crippen molar-refractivity contribution in [3.05, 3.63) is 22.2 Å². The minimum absolute atomic E-state index is 0.0739. The van der Waals surface area contributed by atoms with Crippen molar-refractivity contribution in [1.29, 1.82) is 0 Å². The first-order valence-electron chi connectivity index (χ1n) is 6.15. The van der Waals surface area contributed by atoms with E-state index in [1.807, 2.05) is 11.9 Å². The zero-order valence-electron chi connectivity index (χ0n) is 10.7.